The van der Waals surface area contributed by atoms with Crippen LogP contribution >= 0.6 is 11.8 Å². The molecule has 0 aliphatic rings. The van der Waals surface area contributed by atoms with E-state index in [2.05, 4.69) is 15.3 Å². The van der Waals surface area contributed by atoms with Gasteiger partial charge >= 0.3 is 0 Å². The van der Waals surface area contributed by atoms with Crippen molar-refractivity contribution in [1.29, 1.82) is 0 Å². The Morgan fingerprint density at radius 3 is 2.89 bits per heavy atom. The maximum absolute atomic E-state index is 11.9. The van der Waals surface area contributed by atoms with E-state index in [1.165, 1.54) is 6.33 Å². The molecule has 1 amide bonds. The van der Waals surface area contributed by atoms with Gasteiger partial charge < -0.3 is 5.32 Å². The van der Waals surface area contributed by atoms with Gasteiger partial charge in [0.15, 0.2) is 0 Å². The highest BCUT2D eigenvalue weighted by atomic mass is 32.2. The predicted octanol–water partition coefficient (Wildman–Crippen LogP) is 2.38. The number of benzene rings is 1. The molecule has 5 heteroatoms. The summed E-state index contributed by atoms with van der Waals surface area (Å²) in [6.07, 6.45) is 5.35. The van der Waals surface area contributed by atoms with Crippen molar-refractivity contribution in [2.45, 2.75) is 11.3 Å². The van der Waals surface area contributed by atoms with Gasteiger partial charge in [0.25, 0.3) is 0 Å². The Morgan fingerprint density at radius 1 is 1.33 bits per heavy atom. The first kappa shape index (κ1) is 12.6. The summed E-state index contributed by atoms with van der Waals surface area (Å²) < 4.78 is 0. The lowest BCUT2D eigenvalue weighted by Crippen LogP contribution is -2.15. The van der Waals surface area contributed by atoms with Crippen molar-refractivity contribution in [3.63, 3.8) is 0 Å². The molecule has 1 aromatic carbocycles. The molecule has 0 aliphatic carbocycles. The maximum Gasteiger partial charge on any atom is 0.229 e. The van der Waals surface area contributed by atoms with Crippen LogP contribution in [-0.4, -0.2) is 22.1 Å². The predicted molar refractivity (Wildman–Crippen MR) is 72.6 cm³/mol. The average molecular weight is 259 g/mol. The zero-order valence-electron chi connectivity index (χ0n) is 9.96. The monoisotopic (exact) mass is 259 g/mol. The third-order valence-electron chi connectivity index (χ3n) is 2.39. The van der Waals surface area contributed by atoms with Crippen LogP contribution in [0.3, 0.4) is 0 Å². The number of hydrogen-bond acceptors (Lipinski definition) is 4. The summed E-state index contributed by atoms with van der Waals surface area (Å²) in [6.45, 7) is 0. The second-order valence-corrected chi connectivity index (χ2v) is 4.48. The molecule has 18 heavy (non-hydrogen) atoms. The highest BCUT2D eigenvalue weighted by Crippen LogP contribution is 2.20. The van der Waals surface area contributed by atoms with Gasteiger partial charge in [0.2, 0.25) is 5.91 Å². The standard InChI is InChI=1S/C13H13N3OS/c1-18-11-5-3-2-4-10(11)8-13(17)16-12-6-7-14-9-15-12/h2-7,9H,8H2,1H3,(H,14,15,16,17). The fourth-order valence-electron chi connectivity index (χ4n) is 1.57. The molecule has 0 spiro atoms. The summed E-state index contributed by atoms with van der Waals surface area (Å²) in [6, 6.07) is 9.55. The van der Waals surface area contributed by atoms with E-state index >= 15 is 0 Å². The van der Waals surface area contributed by atoms with Gasteiger partial charge in [-0.25, -0.2) is 9.97 Å². The SMILES string of the molecule is CSc1ccccc1CC(=O)Nc1ccncn1. The number of thioether (sulfide) groups is 1. The molecule has 2 aromatic rings. The highest BCUT2D eigenvalue weighted by Gasteiger charge is 2.07. The molecular formula is C13H13N3OS. The van der Waals surface area contributed by atoms with Crippen molar-refractivity contribution < 1.29 is 4.79 Å². The molecule has 0 atom stereocenters. The maximum atomic E-state index is 11.9. The summed E-state index contributed by atoms with van der Waals surface area (Å²) in [4.78, 5) is 20.7. The van der Waals surface area contributed by atoms with Gasteiger partial charge in [0.1, 0.15) is 12.1 Å². The van der Waals surface area contributed by atoms with E-state index in [1.54, 1.807) is 24.0 Å². The van der Waals surface area contributed by atoms with E-state index in [0.29, 0.717) is 12.2 Å². The number of amides is 1. The van der Waals surface area contributed by atoms with Crippen LogP contribution in [0.2, 0.25) is 0 Å². The number of carbonyl (C=O) groups is 1. The van der Waals surface area contributed by atoms with E-state index in [1.807, 2.05) is 30.5 Å². The van der Waals surface area contributed by atoms with E-state index < -0.39 is 0 Å². The molecule has 0 radical (unpaired) electrons. The summed E-state index contributed by atoms with van der Waals surface area (Å²) in [5.41, 5.74) is 1.02. The van der Waals surface area contributed by atoms with E-state index in [0.717, 1.165) is 10.5 Å². The van der Waals surface area contributed by atoms with Crippen LogP contribution in [0, 0.1) is 0 Å². The van der Waals surface area contributed by atoms with Gasteiger partial charge in [-0.1, -0.05) is 18.2 Å². The van der Waals surface area contributed by atoms with Gasteiger partial charge in [-0.2, -0.15) is 0 Å². The number of nitrogens with zero attached hydrogens (tertiary/aromatic N) is 2. The van der Waals surface area contributed by atoms with Crippen LogP contribution in [0.1, 0.15) is 5.56 Å². The molecule has 0 unspecified atom stereocenters. The topological polar surface area (TPSA) is 54.9 Å². The zero-order chi connectivity index (χ0) is 12.8. The van der Waals surface area contributed by atoms with Crippen LogP contribution < -0.4 is 5.32 Å². The van der Waals surface area contributed by atoms with Gasteiger partial charge in [-0.3, -0.25) is 4.79 Å². The van der Waals surface area contributed by atoms with Crippen molar-refractivity contribution in [3.05, 3.63) is 48.4 Å². The van der Waals surface area contributed by atoms with Crippen molar-refractivity contribution in [1.82, 2.24) is 9.97 Å². The van der Waals surface area contributed by atoms with E-state index in [4.69, 9.17) is 0 Å². The van der Waals surface area contributed by atoms with E-state index in [9.17, 15) is 4.79 Å². The minimum Gasteiger partial charge on any atom is -0.310 e. The Bertz CT molecular complexity index is 531. The lowest BCUT2D eigenvalue weighted by Gasteiger charge is -2.07. The number of nitrogens with one attached hydrogen (secondary N) is 1. The quantitative estimate of drug-likeness (QED) is 0.856. The largest absolute Gasteiger partial charge is 0.310 e. The molecule has 0 saturated carbocycles. The smallest absolute Gasteiger partial charge is 0.229 e. The number of anilines is 1. The Morgan fingerprint density at radius 2 is 2.17 bits per heavy atom. The highest BCUT2D eigenvalue weighted by molar-refractivity contribution is 7.98. The molecule has 2 rings (SSSR count). The Labute approximate surface area is 110 Å². The second-order valence-electron chi connectivity index (χ2n) is 3.63. The molecule has 0 aliphatic heterocycles. The van der Waals surface area contributed by atoms with Crippen LogP contribution in [0.15, 0.2) is 47.8 Å². The fourth-order valence-corrected chi connectivity index (χ4v) is 2.19. The first-order valence-corrected chi connectivity index (χ1v) is 6.70. The van der Waals surface area contributed by atoms with Gasteiger partial charge in [0.05, 0.1) is 6.42 Å². The molecule has 0 saturated heterocycles. The zero-order valence-corrected chi connectivity index (χ0v) is 10.8. The van der Waals surface area contributed by atoms with Crippen LogP contribution in [0.5, 0.6) is 0 Å². The van der Waals surface area contributed by atoms with Crippen molar-refractivity contribution in [3.8, 4) is 0 Å². The van der Waals surface area contributed by atoms with Crippen molar-refractivity contribution in [2.75, 3.05) is 11.6 Å². The average Bonchev–Trinajstić information content (AvgIpc) is 2.40. The van der Waals surface area contributed by atoms with Gasteiger partial charge in [0, 0.05) is 11.1 Å². The van der Waals surface area contributed by atoms with Crippen LogP contribution in [0.4, 0.5) is 5.82 Å². The van der Waals surface area contributed by atoms with Gasteiger partial charge in [-0.15, -0.1) is 11.8 Å². The number of carbonyl (C=O) groups excluding carboxylic acids is 1. The number of aromatic nitrogens is 2. The number of rotatable bonds is 4. The third kappa shape index (κ3) is 3.30. The molecule has 0 fully saturated rings. The minimum atomic E-state index is -0.0739. The van der Waals surface area contributed by atoms with Crippen LogP contribution in [0.25, 0.3) is 0 Å². The van der Waals surface area contributed by atoms with Crippen LogP contribution in [-0.2, 0) is 11.2 Å². The summed E-state index contributed by atoms with van der Waals surface area (Å²) >= 11 is 1.64. The lowest BCUT2D eigenvalue weighted by molar-refractivity contribution is -0.115. The molecule has 0 bridgehead atoms. The Kier molecular flexibility index (Phi) is 4.30. The molecule has 1 heterocycles. The summed E-state index contributed by atoms with van der Waals surface area (Å²) in [7, 11) is 0. The molecule has 4 nitrogen and oxygen atoms in total. The first-order chi connectivity index (χ1) is 8.79. The Hall–Kier alpha value is -1.88. The first-order valence-electron chi connectivity index (χ1n) is 5.47. The molecular weight excluding hydrogens is 246 g/mol. The van der Waals surface area contributed by atoms with Gasteiger partial charge in [-0.05, 0) is 24.0 Å². The summed E-state index contributed by atoms with van der Waals surface area (Å²) in [5.74, 6) is 0.451. The molecule has 92 valence electrons. The summed E-state index contributed by atoms with van der Waals surface area (Å²) in [5, 5.41) is 2.74. The molecule has 1 aromatic heterocycles. The number of hydrogen-bond donors (Lipinski definition) is 1. The Balaban J connectivity index is 2.03. The molecule has 1 N–H and O–H groups in total. The van der Waals surface area contributed by atoms with E-state index in [-0.39, 0.29) is 5.91 Å². The fraction of sp³-hybridized carbons (Fsp3) is 0.154. The van der Waals surface area contributed by atoms with Crippen molar-refractivity contribution >= 4 is 23.5 Å². The lowest BCUT2D eigenvalue weighted by atomic mass is 10.1. The second kappa shape index (κ2) is 6.16. The minimum absolute atomic E-state index is 0.0739. The third-order valence-corrected chi connectivity index (χ3v) is 3.23. The normalized spacial score (nSPS) is 10.1. The van der Waals surface area contributed by atoms with Crippen molar-refractivity contribution in [2.24, 2.45) is 0 Å².